The molecule has 8 heteroatoms. The van der Waals surface area contributed by atoms with Crippen LogP contribution in [0.2, 0.25) is 0 Å². The van der Waals surface area contributed by atoms with Crippen molar-refractivity contribution < 1.29 is 0 Å². The van der Waals surface area contributed by atoms with Gasteiger partial charge in [0.25, 0.3) is 0 Å². The van der Waals surface area contributed by atoms with Gasteiger partial charge in [-0.1, -0.05) is 61.2 Å². The van der Waals surface area contributed by atoms with E-state index in [0.29, 0.717) is 24.1 Å². The van der Waals surface area contributed by atoms with Crippen molar-refractivity contribution in [3.8, 4) is 22.8 Å². The lowest BCUT2D eigenvalue weighted by molar-refractivity contribution is 0.698. The van der Waals surface area contributed by atoms with Gasteiger partial charge in [0.05, 0.1) is 6.54 Å². The molecule has 0 aliphatic carbocycles. The Hall–Kier alpha value is -3.94. The number of nitrogens with one attached hydrogen (secondary N) is 1. The Labute approximate surface area is 155 Å². The van der Waals surface area contributed by atoms with Crippen LogP contribution in [0.4, 0.5) is 11.9 Å². The smallest absolute Gasteiger partial charge is 0.239 e. The third kappa shape index (κ3) is 3.40. The van der Waals surface area contributed by atoms with Gasteiger partial charge in [0.2, 0.25) is 11.9 Å². The number of nitrogens with two attached hydrogens (primary N) is 2. The van der Waals surface area contributed by atoms with E-state index in [2.05, 4.69) is 31.8 Å². The first-order valence-corrected chi connectivity index (χ1v) is 8.33. The zero-order chi connectivity index (χ0) is 18.8. The van der Waals surface area contributed by atoms with E-state index in [0.717, 1.165) is 22.3 Å². The maximum atomic E-state index is 6.04. The summed E-state index contributed by atoms with van der Waals surface area (Å²) in [5.41, 5.74) is 15.5. The number of aromatic amines is 1. The van der Waals surface area contributed by atoms with Gasteiger partial charge in [0.1, 0.15) is 0 Å². The van der Waals surface area contributed by atoms with Crippen LogP contribution in [-0.4, -0.2) is 29.9 Å². The molecule has 134 valence electrons. The van der Waals surface area contributed by atoms with Crippen molar-refractivity contribution >= 4 is 18.0 Å². The Kier molecular flexibility index (Phi) is 4.13. The number of aromatic nitrogens is 6. The molecule has 2 aromatic carbocycles. The second-order valence-electron chi connectivity index (χ2n) is 6.02. The van der Waals surface area contributed by atoms with Crippen LogP contribution in [0.1, 0.15) is 11.1 Å². The first-order chi connectivity index (χ1) is 13.1. The van der Waals surface area contributed by atoms with Crippen molar-refractivity contribution in [3.63, 3.8) is 0 Å². The van der Waals surface area contributed by atoms with E-state index < -0.39 is 0 Å². The molecular weight excluding hydrogens is 340 g/mol. The molecule has 2 aromatic heterocycles. The fraction of sp³-hybridized carbons (Fsp3) is 0.0526. The fourth-order valence-corrected chi connectivity index (χ4v) is 2.71. The van der Waals surface area contributed by atoms with Crippen molar-refractivity contribution in [2.45, 2.75) is 6.54 Å². The summed E-state index contributed by atoms with van der Waals surface area (Å²) in [6.07, 6.45) is 1.81. The quantitative estimate of drug-likeness (QED) is 0.504. The number of hydrogen-bond donors (Lipinski definition) is 3. The van der Waals surface area contributed by atoms with E-state index in [1.54, 1.807) is 4.68 Å². The van der Waals surface area contributed by atoms with Crippen LogP contribution in [0.15, 0.2) is 55.1 Å². The Balaban J connectivity index is 1.56. The van der Waals surface area contributed by atoms with Crippen LogP contribution >= 0.6 is 0 Å². The molecule has 0 radical (unpaired) electrons. The van der Waals surface area contributed by atoms with E-state index in [1.807, 2.05) is 54.6 Å². The van der Waals surface area contributed by atoms with E-state index in [9.17, 15) is 0 Å². The molecule has 4 rings (SSSR count). The summed E-state index contributed by atoms with van der Waals surface area (Å²) in [4.78, 5) is 8.49. The Morgan fingerprint density at radius 2 is 1.67 bits per heavy atom. The number of benzene rings is 2. The minimum Gasteiger partial charge on any atom is -0.368 e. The first kappa shape index (κ1) is 16.5. The fourth-order valence-electron chi connectivity index (χ4n) is 2.71. The summed E-state index contributed by atoms with van der Waals surface area (Å²) in [6, 6.07) is 15.7. The van der Waals surface area contributed by atoms with Crippen LogP contribution < -0.4 is 11.5 Å². The van der Waals surface area contributed by atoms with E-state index in [-0.39, 0.29) is 5.95 Å². The summed E-state index contributed by atoms with van der Waals surface area (Å²) in [7, 11) is 0. The third-order valence-electron chi connectivity index (χ3n) is 4.17. The number of anilines is 2. The van der Waals surface area contributed by atoms with Crippen LogP contribution in [0, 0.1) is 0 Å². The van der Waals surface area contributed by atoms with Gasteiger partial charge in [-0.05, 0) is 11.1 Å². The first-order valence-electron chi connectivity index (χ1n) is 8.33. The molecular formula is C19H18N8. The molecule has 0 atom stereocenters. The maximum absolute atomic E-state index is 6.04. The zero-order valence-corrected chi connectivity index (χ0v) is 14.5. The molecule has 0 amide bonds. The molecule has 0 fully saturated rings. The van der Waals surface area contributed by atoms with Gasteiger partial charge in [-0.15, -0.1) is 10.2 Å². The van der Waals surface area contributed by atoms with Crippen molar-refractivity contribution in [2.75, 3.05) is 11.5 Å². The van der Waals surface area contributed by atoms with Crippen LogP contribution in [0.3, 0.4) is 0 Å². The van der Waals surface area contributed by atoms with Gasteiger partial charge in [-0.3, -0.25) is 5.10 Å². The molecule has 0 spiro atoms. The standard InChI is InChI=1S/C19H18N8/c1-2-12-3-5-13(6-4-12)11-27-19(21)23-17(26-27)15-9-7-14(8-10-15)16-22-18(20)25-24-16/h2-10H,1,11H2,(H2,21,23,26)(H3,20,22,24,25). The number of nitrogens with zero attached hydrogens (tertiary/aromatic N) is 5. The number of H-pyrrole nitrogens is 1. The Morgan fingerprint density at radius 1 is 0.963 bits per heavy atom. The molecule has 5 N–H and O–H groups in total. The van der Waals surface area contributed by atoms with Crippen LogP contribution in [0.5, 0.6) is 0 Å². The lowest BCUT2D eigenvalue weighted by atomic mass is 10.1. The van der Waals surface area contributed by atoms with Gasteiger partial charge in [0, 0.05) is 11.1 Å². The predicted octanol–water partition coefficient (Wildman–Crippen LogP) is 2.59. The lowest BCUT2D eigenvalue weighted by Crippen LogP contribution is -2.06. The highest BCUT2D eigenvalue weighted by Gasteiger charge is 2.11. The van der Waals surface area contributed by atoms with Gasteiger partial charge in [-0.25, -0.2) is 4.68 Å². The van der Waals surface area contributed by atoms with Gasteiger partial charge < -0.3 is 11.5 Å². The second-order valence-corrected chi connectivity index (χ2v) is 6.02. The van der Waals surface area contributed by atoms with E-state index in [4.69, 9.17) is 11.5 Å². The molecule has 8 nitrogen and oxygen atoms in total. The minimum absolute atomic E-state index is 0.211. The number of hydrogen-bond acceptors (Lipinski definition) is 6. The molecule has 27 heavy (non-hydrogen) atoms. The summed E-state index contributed by atoms with van der Waals surface area (Å²) >= 11 is 0. The Bertz CT molecular complexity index is 1070. The third-order valence-corrected chi connectivity index (χ3v) is 4.17. The minimum atomic E-state index is 0.211. The van der Waals surface area contributed by atoms with Gasteiger partial charge >= 0.3 is 0 Å². The molecule has 0 bridgehead atoms. The highest BCUT2D eigenvalue weighted by molar-refractivity contribution is 5.63. The molecule has 0 aliphatic rings. The highest BCUT2D eigenvalue weighted by atomic mass is 15.4. The molecule has 4 aromatic rings. The summed E-state index contributed by atoms with van der Waals surface area (Å²) in [6.45, 7) is 4.31. The molecule has 0 unspecified atom stereocenters. The topological polar surface area (TPSA) is 124 Å². The summed E-state index contributed by atoms with van der Waals surface area (Å²) in [5.74, 6) is 1.76. The van der Waals surface area contributed by atoms with Gasteiger partial charge in [0.15, 0.2) is 11.6 Å². The van der Waals surface area contributed by atoms with Crippen molar-refractivity contribution in [1.29, 1.82) is 0 Å². The van der Waals surface area contributed by atoms with E-state index in [1.165, 1.54) is 0 Å². The second kappa shape index (κ2) is 6.75. The number of nitrogen functional groups attached to an aromatic ring is 2. The average Bonchev–Trinajstić information content (AvgIpc) is 3.29. The number of rotatable bonds is 5. The highest BCUT2D eigenvalue weighted by Crippen LogP contribution is 2.22. The molecule has 0 saturated heterocycles. The predicted molar refractivity (Wildman–Crippen MR) is 105 cm³/mol. The molecule has 0 saturated carbocycles. The monoisotopic (exact) mass is 358 g/mol. The van der Waals surface area contributed by atoms with Gasteiger partial charge in [-0.2, -0.15) is 9.97 Å². The maximum Gasteiger partial charge on any atom is 0.239 e. The zero-order valence-electron chi connectivity index (χ0n) is 14.5. The van der Waals surface area contributed by atoms with Crippen molar-refractivity contribution in [3.05, 3.63) is 66.2 Å². The lowest BCUT2D eigenvalue weighted by Gasteiger charge is -2.03. The summed E-state index contributed by atoms with van der Waals surface area (Å²) in [5, 5.41) is 11.1. The van der Waals surface area contributed by atoms with E-state index >= 15 is 0 Å². The molecule has 0 aliphatic heterocycles. The average molecular weight is 358 g/mol. The Morgan fingerprint density at radius 3 is 2.30 bits per heavy atom. The largest absolute Gasteiger partial charge is 0.368 e. The van der Waals surface area contributed by atoms with Crippen LogP contribution in [-0.2, 0) is 6.54 Å². The van der Waals surface area contributed by atoms with Crippen molar-refractivity contribution in [2.24, 2.45) is 0 Å². The van der Waals surface area contributed by atoms with Crippen molar-refractivity contribution in [1.82, 2.24) is 29.9 Å². The van der Waals surface area contributed by atoms with Crippen LogP contribution in [0.25, 0.3) is 28.9 Å². The molecule has 2 heterocycles. The normalized spacial score (nSPS) is 10.8. The SMILES string of the molecule is C=Cc1ccc(Cn2nc(-c3ccc(-c4nc(N)n[nH]4)cc3)nc2N)cc1. The summed E-state index contributed by atoms with van der Waals surface area (Å²) < 4.78 is 1.68.